The average Bonchev–Trinajstić information content (AvgIpc) is 2.90. The van der Waals surface area contributed by atoms with Crippen LogP contribution in [0.25, 0.3) is 5.69 Å². The van der Waals surface area contributed by atoms with E-state index in [2.05, 4.69) is 15.4 Å². The van der Waals surface area contributed by atoms with Crippen molar-refractivity contribution in [2.75, 3.05) is 5.32 Å². The van der Waals surface area contributed by atoms with Gasteiger partial charge < -0.3 is 10.4 Å². The van der Waals surface area contributed by atoms with Crippen molar-refractivity contribution < 1.29 is 19.1 Å². The van der Waals surface area contributed by atoms with E-state index >= 15 is 0 Å². The monoisotopic (exact) mass is 278 g/mol. The van der Waals surface area contributed by atoms with Crippen molar-refractivity contribution >= 4 is 17.6 Å². The predicted octanol–water partition coefficient (Wildman–Crippen LogP) is 1.21. The summed E-state index contributed by atoms with van der Waals surface area (Å²) in [5.41, 5.74) is 0.452. The number of hydrogen-bond donors (Lipinski definition) is 2. The van der Waals surface area contributed by atoms with Crippen LogP contribution in [-0.2, 0) is 9.59 Å². The Kier molecular flexibility index (Phi) is 4.04. The Morgan fingerprint density at radius 3 is 2.75 bits per heavy atom. The molecule has 0 saturated carbocycles. The Bertz CT molecular complexity index is 628. The number of aromatic nitrogens is 3. The lowest BCUT2D eigenvalue weighted by Crippen LogP contribution is -2.13. The van der Waals surface area contributed by atoms with Crippen LogP contribution in [0.2, 0.25) is 0 Å². The molecular formula is C12H11FN4O3. The molecule has 0 radical (unpaired) electrons. The van der Waals surface area contributed by atoms with E-state index in [9.17, 15) is 14.0 Å². The highest BCUT2D eigenvalue weighted by molar-refractivity contribution is 5.92. The number of carboxylic acid groups (broad SMARTS) is 1. The third-order valence-electron chi connectivity index (χ3n) is 2.46. The van der Waals surface area contributed by atoms with Gasteiger partial charge in [-0.2, -0.15) is 5.10 Å². The van der Waals surface area contributed by atoms with Crippen molar-refractivity contribution in [1.29, 1.82) is 0 Å². The highest BCUT2D eigenvalue weighted by atomic mass is 19.1. The number of anilines is 1. The maximum atomic E-state index is 13.8. The molecule has 20 heavy (non-hydrogen) atoms. The fourth-order valence-electron chi connectivity index (χ4n) is 1.55. The number of carbonyl (C=O) groups excluding carboxylic acids is 1. The predicted molar refractivity (Wildman–Crippen MR) is 66.8 cm³/mol. The summed E-state index contributed by atoms with van der Waals surface area (Å²) in [6.45, 7) is 0. The molecule has 0 aliphatic carbocycles. The number of carbonyl (C=O) groups is 2. The summed E-state index contributed by atoms with van der Waals surface area (Å²) < 4.78 is 15.1. The van der Waals surface area contributed by atoms with Crippen LogP contribution >= 0.6 is 0 Å². The summed E-state index contributed by atoms with van der Waals surface area (Å²) in [6.07, 6.45) is 2.19. The largest absolute Gasteiger partial charge is 0.481 e. The van der Waals surface area contributed by atoms with Crippen LogP contribution in [0.15, 0.2) is 30.9 Å². The minimum Gasteiger partial charge on any atom is -0.481 e. The molecule has 2 rings (SSSR count). The molecule has 1 heterocycles. The summed E-state index contributed by atoms with van der Waals surface area (Å²) in [6, 6.07) is 4.07. The summed E-state index contributed by atoms with van der Waals surface area (Å²) in [5, 5.41) is 14.7. The van der Waals surface area contributed by atoms with E-state index < -0.39 is 17.7 Å². The van der Waals surface area contributed by atoms with Crippen molar-refractivity contribution in [3.63, 3.8) is 0 Å². The molecule has 0 fully saturated rings. The van der Waals surface area contributed by atoms with E-state index in [1.165, 1.54) is 29.5 Å². The Balaban J connectivity index is 2.06. The Hall–Kier alpha value is -2.77. The normalized spacial score (nSPS) is 10.2. The molecule has 2 N–H and O–H groups in total. The van der Waals surface area contributed by atoms with Gasteiger partial charge in [0.15, 0.2) is 5.82 Å². The number of aliphatic carboxylic acids is 1. The lowest BCUT2D eigenvalue weighted by Gasteiger charge is -2.07. The van der Waals surface area contributed by atoms with E-state index in [1.54, 1.807) is 0 Å². The van der Waals surface area contributed by atoms with Gasteiger partial charge in [-0.3, -0.25) is 9.59 Å². The highest BCUT2D eigenvalue weighted by Crippen LogP contribution is 2.17. The molecule has 0 spiro atoms. The molecule has 0 saturated heterocycles. The van der Waals surface area contributed by atoms with E-state index in [4.69, 9.17) is 5.11 Å². The maximum Gasteiger partial charge on any atom is 0.303 e. The maximum absolute atomic E-state index is 13.8. The zero-order valence-electron chi connectivity index (χ0n) is 10.3. The van der Waals surface area contributed by atoms with Crippen molar-refractivity contribution in [3.8, 4) is 5.69 Å². The number of carboxylic acids is 1. The number of hydrogen-bond acceptors (Lipinski definition) is 4. The van der Waals surface area contributed by atoms with Crippen molar-refractivity contribution in [3.05, 3.63) is 36.7 Å². The van der Waals surface area contributed by atoms with Gasteiger partial charge in [-0.25, -0.2) is 14.1 Å². The van der Waals surface area contributed by atoms with E-state index in [-0.39, 0.29) is 24.2 Å². The fourth-order valence-corrected chi connectivity index (χ4v) is 1.55. The molecular weight excluding hydrogens is 267 g/mol. The van der Waals surface area contributed by atoms with E-state index in [1.807, 2.05) is 0 Å². The third kappa shape index (κ3) is 3.37. The van der Waals surface area contributed by atoms with E-state index in [0.29, 0.717) is 0 Å². The summed E-state index contributed by atoms with van der Waals surface area (Å²) in [5.74, 6) is -2.13. The molecule has 0 aliphatic rings. The first kappa shape index (κ1) is 13.7. The third-order valence-corrected chi connectivity index (χ3v) is 2.46. The van der Waals surface area contributed by atoms with Gasteiger partial charge in [0.2, 0.25) is 5.91 Å². The van der Waals surface area contributed by atoms with Crippen molar-refractivity contribution in [2.24, 2.45) is 0 Å². The summed E-state index contributed by atoms with van der Waals surface area (Å²) in [7, 11) is 0. The Morgan fingerprint density at radius 2 is 2.15 bits per heavy atom. The summed E-state index contributed by atoms with van der Waals surface area (Å²) in [4.78, 5) is 25.5. The molecule has 2 aromatic rings. The second-order valence-electron chi connectivity index (χ2n) is 3.95. The van der Waals surface area contributed by atoms with Gasteiger partial charge in [-0.1, -0.05) is 0 Å². The van der Waals surface area contributed by atoms with Gasteiger partial charge in [0.05, 0.1) is 6.42 Å². The Labute approximate surface area is 113 Å². The standard InChI is InChI=1S/C12H11FN4O3/c13-9-5-8(16-11(18)3-4-12(19)20)1-2-10(9)17-7-14-6-15-17/h1-2,5-7H,3-4H2,(H,16,18)(H,19,20). The van der Waals surface area contributed by atoms with Gasteiger partial charge in [0.1, 0.15) is 18.3 Å². The van der Waals surface area contributed by atoms with Crippen LogP contribution in [0.4, 0.5) is 10.1 Å². The summed E-state index contributed by atoms with van der Waals surface area (Å²) >= 11 is 0. The van der Waals surface area contributed by atoms with Gasteiger partial charge in [-0.15, -0.1) is 0 Å². The second kappa shape index (κ2) is 5.91. The van der Waals surface area contributed by atoms with Crippen LogP contribution in [0.3, 0.4) is 0 Å². The first-order valence-corrected chi connectivity index (χ1v) is 5.72. The van der Waals surface area contributed by atoms with Gasteiger partial charge in [-0.05, 0) is 18.2 Å². The highest BCUT2D eigenvalue weighted by Gasteiger charge is 2.09. The zero-order valence-corrected chi connectivity index (χ0v) is 10.3. The molecule has 1 amide bonds. The fraction of sp³-hybridized carbons (Fsp3) is 0.167. The zero-order chi connectivity index (χ0) is 14.5. The number of rotatable bonds is 5. The van der Waals surface area contributed by atoms with Gasteiger partial charge in [0, 0.05) is 12.1 Å². The number of halogens is 1. The minimum atomic E-state index is -1.06. The van der Waals surface area contributed by atoms with Crippen molar-refractivity contribution in [2.45, 2.75) is 12.8 Å². The lowest BCUT2D eigenvalue weighted by atomic mass is 10.2. The topological polar surface area (TPSA) is 97.1 Å². The molecule has 0 atom stereocenters. The van der Waals surface area contributed by atoms with Crippen LogP contribution in [0, 0.1) is 5.82 Å². The van der Waals surface area contributed by atoms with E-state index in [0.717, 1.165) is 6.07 Å². The molecule has 7 nitrogen and oxygen atoms in total. The smallest absolute Gasteiger partial charge is 0.303 e. The molecule has 104 valence electrons. The molecule has 8 heteroatoms. The molecule has 1 aromatic heterocycles. The molecule has 0 bridgehead atoms. The SMILES string of the molecule is O=C(O)CCC(=O)Nc1ccc(-n2cncn2)c(F)c1. The quantitative estimate of drug-likeness (QED) is 0.856. The molecule has 0 unspecified atom stereocenters. The van der Waals surface area contributed by atoms with Crippen LogP contribution in [-0.4, -0.2) is 31.7 Å². The van der Waals surface area contributed by atoms with Crippen LogP contribution < -0.4 is 5.32 Å². The lowest BCUT2D eigenvalue weighted by molar-refractivity contribution is -0.138. The van der Waals surface area contributed by atoms with Gasteiger partial charge >= 0.3 is 5.97 Å². The van der Waals surface area contributed by atoms with Crippen molar-refractivity contribution in [1.82, 2.24) is 14.8 Å². The first-order chi connectivity index (χ1) is 9.56. The molecule has 1 aromatic carbocycles. The first-order valence-electron chi connectivity index (χ1n) is 5.72. The Morgan fingerprint density at radius 1 is 1.35 bits per heavy atom. The molecule has 0 aliphatic heterocycles. The van der Waals surface area contributed by atoms with Crippen LogP contribution in [0.5, 0.6) is 0 Å². The average molecular weight is 278 g/mol. The van der Waals surface area contributed by atoms with Crippen LogP contribution in [0.1, 0.15) is 12.8 Å². The number of amides is 1. The van der Waals surface area contributed by atoms with Gasteiger partial charge in [0.25, 0.3) is 0 Å². The second-order valence-corrected chi connectivity index (χ2v) is 3.95. The number of nitrogens with zero attached hydrogens (tertiary/aromatic N) is 3. The minimum absolute atomic E-state index is 0.165. The number of benzene rings is 1. The number of nitrogens with one attached hydrogen (secondary N) is 1.